The predicted octanol–water partition coefficient (Wildman–Crippen LogP) is 3.51. The lowest BCUT2D eigenvalue weighted by atomic mass is 9.96. The van der Waals surface area contributed by atoms with Crippen LogP contribution in [-0.2, 0) is 11.2 Å². The van der Waals surface area contributed by atoms with Crippen LogP contribution >= 0.6 is 23.2 Å². The third-order valence-corrected chi connectivity index (χ3v) is 3.29. The maximum absolute atomic E-state index is 11.0. The van der Waals surface area contributed by atoms with E-state index in [0.717, 1.165) is 5.56 Å². The highest BCUT2D eigenvalue weighted by Gasteiger charge is 2.38. The molecule has 0 radical (unpaired) electrons. The number of alkyl halides is 2. The Morgan fingerprint density at radius 1 is 1.38 bits per heavy atom. The highest BCUT2D eigenvalue weighted by molar-refractivity contribution is 6.49. The van der Waals surface area contributed by atoms with Gasteiger partial charge in [0.2, 0.25) is 0 Å². The highest BCUT2D eigenvalue weighted by Crippen LogP contribution is 2.36. The van der Waals surface area contributed by atoms with Crippen LogP contribution in [0.5, 0.6) is 0 Å². The fourth-order valence-electron chi connectivity index (χ4n) is 1.65. The summed E-state index contributed by atoms with van der Waals surface area (Å²) in [6.45, 7) is 1.77. The maximum atomic E-state index is 11.0. The molecule has 0 spiro atoms. The number of hydrogen-bond donors (Lipinski definition) is 1. The molecule has 1 aromatic rings. The molecule has 0 aliphatic rings. The smallest absolute Gasteiger partial charge is 0.309 e. The minimum Gasteiger partial charge on any atom is -0.481 e. The van der Waals surface area contributed by atoms with Gasteiger partial charge in [0.05, 0.1) is 5.92 Å². The summed E-state index contributed by atoms with van der Waals surface area (Å²) in [5.74, 6) is -1.71. The topological polar surface area (TPSA) is 37.3 Å². The van der Waals surface area contributed by atoms with E-state index < -0.39 is 16.2 Å². The molecule has 0 bridgehead atoms. The van der Waals surface area contributed by atoms with Gasteiger partial charge in [0.15, 0.2) is 0 Å². The van der Waals surface area contributed by atoms with E-state index >= 15 is 0 Å². The number of carboxylic acids is 1. The second-order valence-corrected chi connectivity index (χ2v) is 5.26. The normalized spacial score (nSPS) is 13.4. The van der Waals surface area contributed by atoms with Crippen molar-refractivity contribution < 1.29 is 9.90 Å². The van der Waals surface area contributed by atoms with Gasteiger partial charge in [-0.2, -0.15) is 0 Å². The van der Waals surface area contributed by atoms with Crippen LogP contribution in [0.3, 0.4) is 0 Å². The van der Waals surface area contributed by atoms with Crippen LogP contribution < -0.4 is 0 Å². The molecule has 0 aliphatic heterocycles. The largest absolute Gasteiger partial charge is 0.481 e. The minimum atomic E-state index is -1.26. The molecule has 1 aromatic carbocycles. The lowest BCUT2D eigenvalue weighted by Gasteiger charge is -2.25. The zero-order chi connectivity index (χ0) is 12.2. The van der Waals surface area contributed by atoms with E-state index in [4.69, 9.17) is 28.3 Å². The molecule has 0 amide bonds. The molecule has 1 unspecified atom stereocenters. The van der Waals surface area contributed by atoms with E-state index in [1.807, 2.05) is 30.3 Å². The number of carboxylic acid groups (broad SMARTS) is 1. The molecule has 0 heterocycles. The van der Waals surface area contributed by atoms with Gasteiger partial charge < -0.3 is 5.11 Å². The maximum Gasteiger partial charge on any atom is 0.309 e. The highest BCUT2D eigenvalue weighted by atomic mass is 35.5. The van der Waals surface area contributed by atoms with Gasteiger partial charge >= 0.3 is 5.97 Å². The summed E-state index contributed by atoms with van der Waals surface area (Å²) < 4.78 is -1.26. The fourth-order valence-corrected chi connectivity index (χ4v) is 2.45. The van der Waals surface area contributed by atoms with Gasteiger partial charge in [-0.05, 0) is 12.0 Å². The summed E-state index contributed by atoms with van der Waals surface area (Å²) in [6.07, 6.45) is 0.747. The molecule has 88 valence electrons. The molecule has 0 saturated heterocycles. The Morgan fingerprint density at radius 3 is 2.38 bits per heavy atom. The van der Waals surface area contributed by atoms with Crippen LogP contribution in [0.1, 0.15) is 18.9 Å². The number of halogens is 2. The Labute approximate surface area is 105 Å². The molecule has 0 saturated carbocycles. The van der Waals surface area contributed by atoms with Crippen molar-refractivity contribution in [3.05, 3.63) is 35.9 Å². The van der Waals surface area contributed by atoms with Crippen LogP contribution in [0.4, 0.5) is 0 Å². The summed E-state index contributed by atoms with van der Waals surface area (Å²) in [5.41, 5.74) is 0.937. The summed E-state index contributed by atoms with van der Waals surface area (Å²) in [6, 6.07) is 9.41. The minimum absolute atomic E-state index is 0.335. The van der Waals surface area contributed by atoms with E-state index in [1.165, 1.54) is 0 Å². The van der Waals surface area contributed by atoms with Crippen LogP contribution in [0.15, 0.2) is 30.3 Å². The summed E-state index contributed by atoms with van der Waals surface area (Å²) in [7, 11) is 0. The van der Waals surface area contributed by atoms with Crippen molar-refractivity contribution in [2.75, 3.05) is 0 Å². The van der Waals surface area contributed by atoms with Crippen LogP contribution in [-0.4, -0.2) is 15.4 Å². The molecule has 0 fully saturated rings. The van der Waals surface area contributed by atoms with Gasteiger partial charge in [0.1, 0.15) is 4.33 Å². The number of benzene rings is 1. The van der Waals surface area contributed by atoms with Crippen molar-refractivity contribution in [3.8, 4) is 0 Å². The SMILES string of the molecule is CCC(C(=O)O)C(Cl)(Cl)Cc1ccccc1. The molecule has 1 N–H and O–H groups in total. The van der Waals surface area contributed by atoms with Crippen LogP contribution in [0.2, 0.25) is 0 Å². The number of aliphatic carboxylic acids is 1. The Morgan fingerprint density at radius 2 is 1.94 bits per heavy atom. The molecule has 0 aliphatic carbocycles. The molecule has 4 heteroatoms. The molecular weight excluding hydrogens is 247 g/mol. The number of rotatable bonds is 5. The lowest BCUT2D eigenvalue weighted by molar-refractivity contribution is -0.142. The van der Waals surface area contributed by atoms with E-state index in [-0.39, 0.29) is 0 Å². The van der Waals surface area contributed by atoms with Crippen LogP contribution in [0, 0.1) is 5.92 Å². The van der Waals surface area contributed by atoms with Crippen LogP contribution in [0.25, 0.3) is 0 Å². The zero-order valence-corrected chi connectivity index (χ0v) is 10.5. The second-order valence-electron chi connectivity index (χ2n) is 3.72. The van der Waals surface area contributed by atoms with Gasteiger partial charge in [-0.3, -0.25) is 4.79 Å². The number of hydrogen-bond acceptors (Lipinski definition) is 1. The molecule has 1 atom stereocenters. The summed E-state index contributed by atoms with van der Waals surface area (Å²) in [4.78, 5) is 11.0. The molecule has 1 rings (SSSR count). The first kappa shape index (κ1) is 13.3. The Balaban J connectivity index is 2.81. The summed E-state index contributed by atoms with van der Waals surface area (Å²) >= 11 is 12.2. The first-order valence-electron chi connectivity index (χ1n) is 5.12. The third-order valence-electron chi connectivity index (χ3n) is 2.50. The monoisotopic (exact) mass is 260 g/mol. The molecular formula is C12H14Cl2O2. The van der Waals surface area contributed by atoms with Crippen molar-refractivity contribution in [1.82, 2.24) is 0 Å². The van der Waals surface area contributed by atoms with Crippen molar-refractivity contribution in [2.45, 2.75) is 24.1 Å². The van der Waals surface area contributed by atoms with Crippen molar-refractivity contribution in [2.24, 2.45) is 5.92 Å². The third kappa shape index (κ3) is 3.39. The average molecular weight is 261 g/mol. The second kappa shape index (κ2) is 5.55. The van der Waals surface area contributed by atoms with Gasteiger partial charge in [0.25, 0.3) is 0 Å². The average Bonchev–Trinajstić information content (AvgIpc) is 2.18. The van der Waals surface area contributed by atoms with E-state index in [0.29, 0.717) is 12.8 Å². The molecule has 2 nitrogen and oxygen atoms in total. The van der Waals surface area contributed by atoms with E-state index in [9.17, 15) is 4.79 Å². The van der Waals surface area contributed by atoms with Crippen molar-refractivity contribution in [1.29, 1.82) is 0 Å². The lowest BCUT2D eigenvalue weighted by Crippen LogP contribution is -2.34. The standard InChI is InChI=1S/C12H14Cl2O2/c1-2-10(11(15)16)12(13,14)8-9-6-4-3-5-7-9/h3-7,10H,2,8H2,1H3,(H,15,16). The first-order chi connectivity index (χ1) is 7.47. The summed E-state index contributed by atoms with van der Waals surface area (Å²) in [5, 5.41) is 9.02. The Hall–Kier alpha value is -0.730. The first-order valence-corrected chi connectivity index (χ1v) is 5.87. The van der Waals surface area contributed by atoms with Crippen molar-refractivity contribution >= 4 is 29.2 Å². The Kier molecular flexibility index (Phi) is 4.63. The van der Waals surface area contributed by atoms with Gasteiger partial charge in [-0.15, -0.1) is 23.2 Å². The number of carbonyl (C=O) groups is 1. The molecule has 0 aromatic heterocycles. The van der Waals surface area contributed by atoms with Crippen molar-refractivity contribution in [3.63, 3.8) is 0 Å². The predicted molar refractivity (Wildman–Crippen MR) is 66.0 cm³/mol. The quantitative estimate of drug-likeness (QED) is 0.823. The van der Waals surface area contributed by atoms with Gasteiger partial charge in [-0.1, -0.05) is 37.3 Å². The van der Waals surface area contributed by atoms with E-state index in [2.05, 4.69) is 0 Å². The Bertz CT molecular complexity index is 349. The van der Waals surface area contributed by atoms with E-state index in [1.54, 1.807) is 6.92 Å². The zero-order valence-electron chi connectivity index (χ0n) is 8.99. The van der Waals surface area contributed by atoms with Gasteiger partial charge in [-0.25, -0.2) is 0 Å². The van der Waals surface area contributed by atoms with Gasteiger partial charge in [0, 0.05) is 6.42 Å². The fraction of sp³-hybridized carbons (Fsp3) is 0.417. The molecule has 16 heavy (non-hydrogen) atoms.